The molecule has 5 nitrogen and oxygen atoms in total. The Bertz CT molecular complexity index is 976. The van der Waals surface area contributed by atoms with E-state index in [9.17, 15) is 4.79 Å². The Morgan fingerprint density at radius 2 is 2.07 bits per heavy atom. The van der Waals surface area contributed by atoms with Crippen LogP contribution >= 0.6 is 23.1 Å². The van der Waals surface area contributed by atoms with Crippen LogP contribution in [0.3, 0.4) is 0 Å². The van der Waals surface area contributed by atoms with Gasteiger partial charge in [-0.3, -0.25) is 4.79 Å². The molecule has 2 heterocycles. The number of carbonyl (C=O) groups excluding carboxylic acids is 1. The number of hydrogen-bond donors (Lipinski definition) is 0. The maximum absolute atomic E-state index is 12.5. The highest BCUT2D eigenvalue weighted by Gasteiger charge is 2.17. The number of thioether (sulfide) groups is 1. The molecule has 138 valence electrons. The fraction of sp³-hybridized carbons (Fsp3) is 0.300. The van der Waals surface area contributed by atoms with Gasteiger partial charge in [-0.2, -0.15) is 5.26 Å². The molecular weight excluding hydrogens is 376 g/mol. The van der Waals surface area contributed by atoms with Gasteiger partial charge in [-0.15, -0.1) is 11.3 Å². The fourth-order valence-electron chi connectivity index (χ4n) is 2.77. The molecule has 3 aromatic rings. The Morgan fingerprint density at radius 1 is 1.30 bits per heavy atom. The summed E-state index contributed by atoms with van der Waals surface area (Å²) in [6.07, 6.45) is 1.90. The van der Waals surface area contributed by atoms with Gasteiger partial charge in [0.2, 0.25) is 5.91 Å². The largest absolute Gasteiger partial charge is 0.341 e. The number of aromatic nitrogens is 2. The highest BCUT2D eigenvalue weighted by Crippen LogP contribution is 2.37. The average molecular weight is 397 g/mol. The summed E-state index contributed by atoms with van der Waals surface area (Å²) in [4.78, 5) is 23.9. The Labute approximate surface area is 167 Å². The summed E-state index contributed by atoms with van der Waals surface area (Å²) in [6.45, 7) is 5.07. The van der Waals surface area contributed by atoms with E-state index in [4.69, 9.17) is 5.26 Å². The maximum atomic E-state index is 12.5. The first-order chi connectivity index (χ1) is 13.1. The second-order valence-corrected chi connectivity index (χ2v) is 7.87. The minimum atomic E-state index is 0.0247. The van der Waals surface area contributed by atoms with E-state index in [1.54, 1.807) is 22.6 Å². The molecule has 27 heavy (non-hydrogen) atoms. The normalized spacial score (nSPS) is 10.7. The van der Waals surface area contributed by atoms with Gasteiger partial charge >= 0.3 is 0 Å². The summed E-state index contributed by atoms with van der Waals surface area (Å²) in [5.41, 5.74) is 3.44. The summed E-state index contributed by atoms with van der Waals surface area (Å²) in [7, 11) is 0. The van der Waals surface area contributed by atoms with Crippen LogP contribution in [0.2, 0.25) is 0 Å². The zero-order valence-corrected chi connectivity index (χ0v) is 16.9. The summed E-state index contributed by atoms with van der Waals surface area (Å²) in [5.74, 6) is 0.325. The van der Waals surface area contributed by atoms with Crippen molar-refractivity contribution < 1.29 is 4.79 Å². The number of thiophene rings is 1. The molecule has 7 heteroatoms. The number of carbonyl (C=O) groups is 1. The van der Waals surface area contributed by atoms with Crippen molar-refractivity contribution in [2.45, 2.75) is 25.3 Å². The number of nitriles is 1. The third kappa shape index (κ3) is 4.46. The van der Waals surface area contributed by atoms with E-state index in [1.807, 2.05) is 6.92 Å². The van der Waals surface area contributed by atoms with Crippen molar-refractivity contribution in [3.05, 3.63) is 41.5 Å². The third-order valence-electron chi connectivity index (χ3n) is 4.26. The number of nitrogens with zero attached hydrogens (tertiary/aromatic N) is 4. The van der Waals surface area contributed by atoms with Crippen LogP contribution in [0.1, 0.15) is 18.9 Å². The molecule has 0 N–H and O–H groups in total. The second-order valence-electron chi connectivity index (χ2n) is 6.04. The molecule has 0 aliphatic carbocycles. The number of rotatable bonds is 7. The number of fused-ring (bicyclic) bond motifs is 1. The molecule has 0 spiro atoms. The monoisotopic (exact) mass is 396 g/mol. The number of amides is 1. The highest BCUT2D eigenvalue weighted by molar-refractivity contribution is 8.00. The molecule has 0 atom stereocenters. The Hall–Kier alpha value is -2.43. The van der Waals surface area contributed by atoms with E-state index in [2.05, 4.69) is 52.6 Å². The van der Waals surface area contributed by atoms with E-state index in [0.29, 0.717) is 25.3 Å². The fourth-order valence-corrected chi connectivity index (χ4v) is 4.66. The van der Waals surface area contributed by atoms with Crippen LogP contribution in [0.15, 0.2) is 41.0 Å². The molecule has 0 aliphatic rings. The van der Waals surface area contributed by atoms with Gasteiger partial charge in [0, 0.05) is 24.0 Å². The molecule has 1 amide bonds. The first-order valence-electron chi connectivity index (χ1n) is 8.70. The van der Waals surface area contributed by atoms with Crippen LogP contribution in [-0.2, 0) is 4.79 Å². The maximum Gasteiger partial charge on any atom is 0.233 e. The lowest BCUT2D eigenvalue weighted by atomic mass is 10.1. The highest BCUT2D eigenvalue weighted by atomic mass is 32.2. The Morgan fingerprint density at radius 3 is 2.78 bits per heavy atom. The van der Waals surface area contributed by atoms with Crippen molar-refractivity contribution >= 4 is 39.2 Å². The number of hydrogen-bond acceptors (Lipinski definition) is 6. The lowest BCUT2D eigenvalue weighted by Crippen LogP contribution is -2.33. The van der Waals surface area contributed by atoms with E-state index in [0.717, 1.165) is 26.4 Å². The standard InChI is InChI=1S/C20H20N4OS2/c1-3-24(10-4-9-21)17(25)12-27-20-18-16(11-26-19(18)22-13-23-20)15-7-5-14(2)6-8-15/h5-8,11,13H,3-4,10,12H2,1-2H3. The van der Waals surface area contributed by atoms with Gasteiger partial charge in [0.15, 0.2) is 0 Å². The van der Waals surface area contributed by atoms with Gasteiger partial charge in [0.25, 0.3) is 0 Å². The van der Waals surface area contributed by atoms with Crippen molar-refractivity contribution in [2.24, 2.45) is 0 Å². The summed E-state index contributed by atoms with van der Waals surface area (Å²) in [5, 5.41) is 12.7. The zero-order valence-electron chi connectivity index (χ0n) is 15.3. The van der Waals surface area contributed by atoms with Gasteiger partial charge in [-0.25, -0.2) is 9.97 Å². The lowest BCUT2D eigenvalue weighted by Gasteiger charge is -2.19. The number of benzene rings is 1. The van der Waals surface area contributed by atoms with Crippen molar-refractivity contribution in [3.8, 4) is 17.2 Å². The van der Waals surface area contributed by atoms with Crippen LogP contribution in [0.4, 0.5) is 0 Å². The molecule has 0 bridgehead atoms. The minimum absolute atomic E-state index is 0.0247. The van der Waals surface area contributed by atoms with Crippen molar-refractivity contribution in [1.29, 1.82) is 5.26 Å². The van der Waals surface area contributed by atoms with Gasteiger partial charge in [0.05, 0.1) is 23.6 Å². The first-order valence-corrected chi connectivity index (χ1v) is 10.6. The minimum Gasteiger partial charge on any atom is -0.341 e. The molecule has 0 aliphatic heterocycles. The van der Waals surface area contributed by atoms with Crippen LogP contribution in [0, 0.1) is 18.3 Å². The first kappa shape index (κ1) is 19.3. The Kier molecular flexibility index (Phi) is 6.43. The van der Waals surface area contributed by atoms with Crippen LogP contribution in [0.25, 0.3) is 21.3 Å². The summed E-state index contributed by atoms with van der Waals surface area (Å²) < 4.78 is 0. The zero-order chi connectivity index (χ0) is 19.2. The SMILES string of the molecule is CCN(CCC#N)C(=O)CSc1ncnc2scc(-c3ccc(C)cc3)c12. The van der Waals surface area contributed by atoms with Crippen LogP contribution < -0.4 is 0 Å². The van der Waals surface area contributed by atoms with Crippen LogP contribution in [-0.4, -0.2) is 39.6 Å². The van der Waals surface area contributed by atoms with Crippen molar-refractivity contribution in [3.63, 3.8) is 0 Å². The lowest BCUT2D eigenvalue weighted by molar-refractivity contribution is -0.128. The quantitative estimate of drug-likeness (QED) is 0.434. The number of aryl methyl sites for hydroxylation is 1. The summed E-state index contributed by atoms with van der Waals surface area (Å²) in [6, 6.07) is 10.5. The van der Waals surface area contributed by atoms with Crippen molar-refractivity contribution in [2.75, 3.05) is 18.8 Å². The topological polar surface area (TPSA) is 69.9 Å². The molecule has 1 aromatic carbocycles. The molecule has 0 radical (unpaired) electrons. The Balaban J connectivity index is 1.85. The predicted molar refractivity (Wildman–Crippen MR) is 111 cm³/mol. The van der Waals surface area contributed by atoms with Gasteiger partial charge in [0.1, 0.15) is 16.2 Å². The summed E-state index contributed by atoms with van der Waals surface area (Å²) >= 11 is 3.02. The molecule has 0 unspecified atom stereocenters. The third-order valence-corrected chi connectivity index (χ3v) is 6.12. The van der Waals surface area contributed by atoms with E-state index >= 15 is 0 Å². The molecule has 0 saturated heterocycles. The van der Waals surface area contributed by atoms with E-state index in [-0.39, 0.29) is 5.91 Å². The molecule has 2 aromatic heterocycles. The van der Waals surface area contributed by atoms with Gasteiger partial charge in [-0.1, -0.05) is 41.6 Å². The second kappa shape index (κ2) is 8.98. The van der Waals surface area contributed by atoms with Gasteiger partial charge in [-0.05, 0) is 19.4 Å². The van der Waals surface area contributed by atoms with Crippen LogP contribution in [0.5, 0.6) is 0 Å². The molecular formula is C20H20N4OS2. The molecule has 0 fully saturated rings. The molecule has 0 saturated carbocycles. The van der Waals surface area contributed by atoms with Crippen molar-refractivity contribution in [1.82, 2.24) is 14.9 Å². The average Bonchev–Trinajstić information content (AvgIpc) is 3.12. The predicted octanol–water partition coefficient (Wildman–Crippen LogP) is 4.52. The smallest absolute Gasteiger partial charge is 0.233 e. The van der Waals surface area contributed by atoms with E-state index < -0.39 is 0 Å². The molecule has 3 rings (SSSR count). The van der Waals surface area contributed by atoms with Gasteiger partial charge < -0.3 is 4.90 Å². The van der Waals surface area contributed by atoms with E-state index in [1.165, 1.54) is 17.3 Å².